The average molecular weight is 521 g/mol. The standard InChI is InChI=1S/C24H28N2O9S/c1-5-34-23(27)21-19(15-7-11-17(32-3)12-8-15)26(25-29)20(16-9-13-18(33-4)14-10-16)22(36(21,30)31)24(28)35-6-2/h7-14,19-22H,5-6H2,1-4H3. The lowest BCUT2D eigenvalue weighted by molar-refractivity contribution is -0.147. The Morgan fingerprint density at radius 2 is 1.14 bits per heavy atom. The number of hydrogen-bond acceptors (Lipinski definition) is 10. The van der Waals surface area contributed by atoms with Crippen molar-refractivity contribution in [3.63, 3.8) is 0 Å². The summed E-state index contributed by atoms with van der Waals surface area (Å²) in [6.45, 7) is 2.82. The Balaban J connectivity index is 2.30. The van der Waals surface area contributed by atoms with Crippen LogP contribution in [0.2, 0.25) is 0 Å². The Bertz CT molecular complexity index is 1100. The number of sulfone groups is 1. The third-order valence-corrected chi connectivity index (χ3v) is 8.21. The number of benzene rings is 2. The number of hydrogen-bond donors (Lipinski definition) is 0. The lowest BCUT2D eigenvalue weighted by Gasteiger charge is -2.44. The Labute approximate surface area is 209 Å². The van der Waals surface area contributed by atoms with Crippen LogP contribution in [0.15, 0.2) is 53.8 Å². The summed E-state index contributed by atoms with van der Waals surface area (Å²) in [6.07, 6.45) is 0. The molecule has 4 unspecified atom stereocenters. The Hall–Kier alpha value is -3.67. The van der Waals surface area contributed by atoms with E-state index in [4.69, 9.17) is 18.9 Å². The van der Waals surface area contributed by atoms with Gasteiger partial charge in [-0.2, -0.15) is 0 Å². The second-order valence-electron chi connectivity index (χ2n) is 7.83. The van der Waals surface area contributed by atoms with E-state index in [-0.39, 0.29) is 24.3 Å². The maximum absolute atomic E-state index is 14.0. The van der Waals surface area contributed by atoms with Gasteiger partial charge in [0.05, 0.1) is 32.7 Å². The molecule has 0 amide bonds. The summed E-state index contributed by atoms with van der Waals surface area (Å²) < 4.78 is 48.5. The fraction of sp³-hybridized carbons (Fsp3) is 0.417. The van der Waals surface area contributed by atoms with E-state index in [9.17, 15) is 22.9 Å². The first-order valence-corrected chi connectivity index (χ1v) is 12.8. The van der Waals surface area contributed by atoms with E-state index in [1.54, 1.807) is 24.3 Å². The zero-order valence-corrected chi connectivity index (χ0v) is 21.1. The molecule has 12 heteroatoms. The van der Waals surface area contributed by atoms with Crippen molar-refractivity contribution in [3.05, 3.63) is 64.6 Å². The van der Waals surface area contributed by atoms with E-state index in [1.165, 1.54) is 52.3 Å². The van der Waals surface area contributed by atoms with Crippen LogP contribution < -0.4 is 9.47 Å². The molecule has 0 bridgehead atoms. The Kier molecular flexibility index (Phi) is 8.51. The van der Waals surface area contributed by atoms with E-state index >= 15 is 0 Å². The summed E-state index contributed by atoms with van der Waals surface area (Å²) in [5.74, 6) is -1.25. The summed E-state index contributed by atoms with van der Waals surface area (Å²) >= 11 is 0. The highest BCUT2D eigenvalue weighted by Gasteiger charge is 2.61. The summed E-state index contributed by atoms with van der Waals surface area (Å²) in [7, 11) is -1.70. The van der Waals surface area contributed by atoms with E-state index in [0.29, 0.717) is 11.5 Å². The van der Waals surface area contributed by atoms with Gasteiger partial charge in [0.25, 0.3) is 0 Å². The molecule has 11 nitrogen and oxygen atoms in total. The molecule has 0 aliphatic carbocycles. The third-order valence-electron chi connectivity index (χ3n) is 5.90. The average Bonchev–Trinajstić information content (AvgIpc) is 2.87. The molecule has 3 rings (SSSR count). The van der Waals surface area contributed by atoms with E-state index in [0.717, 1.165) is 5.01 Å². The van der Waals surface area contributed by atoms with Crippen LogP contribution in [0.3, 0.4) is 0 Å². The first-order chi connectivity index (χ1) is 17.2. The molecule has 1 aliphatic rings. The zero-order chi connectivity index (χ0) is 26.5. The van der Waals surface area contributed by atoms with E-state index in [1.807, 2.05) is 0 Å². The Morgan fingerprint density at radius 3 is 1.42 bits per heavy atom. The predicted octanol–water partition coefficient (Wildman–Crippen LogP) is 2.76. The molecule has 0 radical (unpaired) electrons. The van der Waals surface area contributed by atoms with Crippen molar-refractivity contribution >= 4 is 21.8 Å². The second kappa shape index (κ2) is 11.4. The normalized spacial score (nSPS) is 22.8. The van der Waals surface area contributed by atoms with Gasteiger partial charge in [0.1, 0.15) is 23.6 Å². The minimum Gasteiger partial charge on any atom is -0.497 e. The summed E-state index contributed by atoms with van der Waals surface area (Å²) in [4.78, 5) is 38.5. The lowest BCUT2D eigenvalue weighted by atomic mass is 9.95. The van der Waals surface area contributed by atoms with Crippen molar-refractivity contribution in [2.45, 2.75) is 36.4 Å². The fourth-order valence-electron chi connectivity index (χ4n) is 4.30. The number of carbonyl (C=O) groups is 2. The molecule has 0 spiro atoms. The Morgan fingerprint density at radius 1 is 0.778 bits per heavy atom. The SMILES string of the molecule is CCOC(=O)C1C(c2ccc(OC)cc2)N(N=O)C(c2ccc(OC)cc2)C(C(=O)OCC)S1(=O)=O. The zero-order valence-electron chi connectivity index (χ0n) is 20.3. The van der Waals surface area contributed by atoms with Crippen LogP contribution in [0.1, 0.15) is 37.1 Å². The van der Waals surface area contributed by atoms with Gasteiger partial charge in [-0.05, 0) is 49.2 Å². The first kappa shape index (κ1) is 26.9. The molecule has 1 aliphatic heterocycles. The topological polar surface area (TPSA) is 138 Å². The molecule has 1 saturated heterocycles. The molecule has 1 heterocycles. The van der Waals surface area contributed by atoms with E-state index in [2.05, 4.69) is 5.29 Å². The number of esters is 2. The molecular formula is C24H28N2O9S. The number of ether oxygens (including phenoxy) is 4. The second-order valence-corrected chi connectivity index (χ2v) is 10.0. The minimum absolute atomic E-state index is 0.110. The monoisotopic (exact) mass is 520 g/mol. The van der Waals surface area contributed by atoms with E-state index < -0.39 is 44.4 Å². The molecule has 36 heavy (non-hydrogen) atoms. The van der Waals surface area contributed by atoms with Gasteiger partial charge in [-0.15, -0.1) is 4.91 Å². The molecule has 4 atom stereocenters. The maximum atomic E-state index is 14.0. The van der Waals surface area contributed by atoms with Gasteiger partial charge in [0.15, 0.2) is 20.3 Å². The van der Waals surface area contributed by atoms with Crippen molar-refractivity contribution in [1.29, 1.82) is 0 Å². The highest BCUT2D eigenvalue weighted by molar-refractivity contribution is 7.94. The number of carbonyl (C=O) groups excluding carboxylic acids is 2. The number of nitroso groups, excluding NO2 is 1. The molecule has 0 N–H and O–H groups in total. The van der Waals surface area contributed by atoms with Gasteiger partial charge < -0.3 is 18.9 Å². The highest BCUT2D eigenvalue weighted by Crippen LogP contribution is 2.47. The third kappa shape index (κ3) is 4.99. The highest BCUT2D eigenvalue weighted by atomic mass is 32.2. The molecule has 0 aromatic heterocycles. The van der Waals surface area contributed by atoms with Crippen molar-refractivity contribution in [2.75, 3.05) is 27.4 Å². The first-order valence-electron chi connectivity index (χ1n) is 11.2. The molecule has 194 valence electrons. The quantitative estimate of drug-likeness (QED) is 0.358. The smallest absolute Gasteiger partial charge is 0.326 e. The van der Waals surface area contributed by atoms with Crippen LogP contribution >= 0.6 is 0 Å². The summed E-state index contributed by atoms with van der Waals surface area (Å²) in [5, 5.41) is 0.217. The van der Waals surface area contributed by atoms with Crippen molar-refractivity contribution in [2.24, 2.45) is 5.29 Å². The summed E-state index contributed by atoms with van der Waals surface area (Å²) in [6, 6.07) is 9.57. The van der Waals surface area contributed by atoms with Gasteiger partial charge >= 0.3 is 11.9 Å². The van der Waals surface area contributed by atoms with Gasteiger partial charge in [-0.3, -0.25) is 9.59 Å². The maximum Gasteiger partial charge on any atom is 0.326 e. The largest absolute Gasteiger partial charge is 0.497 e. The number of methoxy groups -OCH3 is 2. The van der Waals surface area contributed by atoms with Gasteiger partial charge in [-0.25, -0.2) is 13.4 Å². The van der Waals surface area contributed by atoms with Crippen LogP contribution in [0.25, 0.3) is 0 Å². The molecular weight excluding hydrogens is 492 g/mol. The van der Waals surface area contributed by atoms with Crippen LogP contribution in [0, 0.1) is 4.91 Å². The van der Waals surface area contributed by atoms with Crippen LogP contribution in [-0.4, -0.2) is 63.3 Å². The number of nitrogens with zero attached hydrogens (tertiary/aromatic N) is 2. The van der Waals surface area contributed by atoms with Crippen LogP contribution in [0.4, 0.5) is 0 Å². The predicted molar refractivity (Wildman–Crippen MR) is 129 cm³/mol. The summed E-state index contributed by atoms with van der Waals surface area (Å²) in [5.41, 5.74) is 0.579. The molecule has 1 fully saturated rings. The minimum atomic E-state index is -4.63. The lowest BCUT2D eigenvalue weighted by Crippen LogP contribution is -2.59. The van der Waals surface area contributed by atoms with Crippen molar-refractivity contribution in [3.8, 4) is 11.5 Å². The van der Waals surface area contributed by atoms with Crippen LogP contribution in [0.5, 0.6) is 11.5 Å². The molecule has 2 aromatic carbocycles. The number of rotatable bonds is 9. The van der Waals surface area contributed by atoms with Crippen molar-refractivity contribution in [1.82, 2.24) is 5.01 Å². The molecule has 0 saturated carbocycles. The molecule has 2 aromatic rings. The fourth-order valence-corrected chi connectivity index (χ4v) is 6.57. The van der Waals surface area contributed by atoms with Crippen LogP contribution in [-0.2, 0) is 28.9 Å². The van der Waals surface area contributed by atoms with Crippen molar-refractivity contribution < 1.29 is 37.0 Å². The van der Waals surface area contributed by atoms with Gasteiger partial charge in [0, 0.05) is 0 Å². The van der Waals surface area contributed by atoms with Gasteiger partial charge in [0.2, 0.25) is 0 Å². The van der Waals surface area contributed by atoms with Gasteiger partial charge in [-0.1, -0.05) is 24.3 Å².